The van der Waals surface area contributed by atoms with Gasteiger partial charge in [-0.2, -0.15) is 0 Å². The average molecular weight is 199 g/mol. The van der Waals surface area contributed by atoms with E-state index in [1.165, 1.54) is 21.9 Å². The summed E-state index contributed by atoms with van der Waals surface area (Å²) < 4.78 is 0. The number of rotatable bonds is 2. The van der Waals surface area contributed by atoms with Crippen LogP contribution in [0.15, 0.2) is 36.4 Å². The van der Waals surface area contributed by atoms with Gasteiger partial charge in [0, 0.05) is 6.04 Å². The first kappa shape index (κ1) is 10.2. The molecule has 78 valence electrons. The van der Waals surface area contributed by atoms with Gasteiger partial charge in [0.05, 0.1) is 0 Å². The van der Waals surface area contributed by atoms with Gasteiger partial charge in [0.25, 0.3) is 0 Å². The zero-order valence-electron chi connectivity index (χ0n) is 9.33. The van der Waals surface area contributed by atoms with Crippen molar-refractivity contribution in [3.63, 3.8) is 0 Å². The quantitative estimate of drug-likeness (QED) is 0.790. The maximum Gasteiger partial charge on any atom is 0.00509 e. The van der Waals surface area contributed by atoms with E-state index in [2.05, 4.69) is 43.3 Å². The highest BCUT2D eigenvalue weighted by Gasteiger charge is 1.99. The molecule has 0 aliphatic rings. The van der Waals surface area contributed by atoms with Crippen LogP contribution in [0.2, 0.25) is 0 Å². The number of hydrogen-bond acceptors (Lipinski definition) is 1. The summed E-state index contributed by atoms with van der Waals surface area (Å²) in [6.07, 6.45) is 0.948. The standard InChI is InChI=1S/C14H17N/c1-10-3-5-14-9-12(8-11(2)15)4-6-13(14)7-10/h3-7,9,11H,8,15H2,1-2H3. The second kappa shape index (κ2) is 4.03. The van der Waals surface area contributed by atoms with Gasteiger partial charge in [-0.25, -0.2) is 0 Å². The van der Waals surface area contributed by atoms with Crippen LogP contribution in [-0.4, -0.2) is 6.04 Å². The molecule has 0 radical (unpaired) electrons. The molecule has 1 atom stereocenters. The number of nitrogens with two attached hydrogens (primary N) is 1. The van der Waals surface area contributed by atoms with E-state index < -0.39 is 0 Å². The Morgan fingerprint density at radius 1 is 1.07 bits per heavy atom. The van der Waals surface area contributed by atoms with E-state index >= 15 is 0 Å². The molecule has 0 aromatic heterocycles. The third-order valence-corrected chi connectivity index (χ3v) is 2.62. The highest BCUT2D eigenvalue weighted by Crippen LogP contribution is 2.18. The van der Waals surface area contributed by atoms with E-state index in [1.54, 1.807) is 0 Å². The molecule has 0 spiro atoms. The molecule has 0 amide bonds. The minimum atomic E-state index is 0.230. The van der Waals surface area contributed by atoms with Crippen LogP contribution < -0.4 is 5.73 Å². The molecule has 0 bridgehead atoms. The molecule has 0 heterocycles. The predicted molar refractivity (Wildman–Crippen MR) is 66.0 cm³/mol. The lowest BCUT2D eigenvalue weighted by Crippen LogP contribution is -2.17. The smallest absolute Gasteiger partial charge is 0.00509 e. The molecule has 15 heavy (non-hydrogen) atoms. The lowest BCUT2D eigenvalue weighted by molar-refractivity contribution is 0.739. The maximum absolute atomic E-state index is 5.79. The first-order valence-electron chi connectivity index (χ1n) is 5.40. The van der Waals surface area contributed by atoms with Gasteiger partial charge in [0.2, 0.25) is 0 Å². The van der Waals surface area contributed by atoms with E-state index in [1.807, 2.05) is 6.92 Å². The number of aryl methyl sites for hydroxylation is 1. The summed E-state index contributed by atoms with van der Waals surface area (Å²) in [6, 6.07) is 13.4. The Balaban J connectivity index is 2.43. The third kappa shape index (κ3) is 2.37. The van der Waals surface area contributed by atoms with Crippen LogP contribution in [-0.2, 0) is 6.42 Å². The topological polar surface area (TPSA) is 26.0 Å². The van der Waals surface area contributed by atoms with Gasteiger partial charge in [-0.15, -0.1) is 0 Å². The van der Waals surface area contributed by atoms with Crippen molar-refractivity contribution in [2.75, 3.05) is 0 Å². The maximum atomic E-state index is 5.79. The Hall–Kier alpha value is -1.34. The fourth-order valence-corrected chi connectivity index (χ4v) is 1.91. The number of benzene rings is 2. The van der Waals surface area contributed by atoms with Crippen LogP contribution in [0.25, 0.3) is 10.8 Å². The Morgan fingerprint density at radius 2 is 1.73 bits per heavy atom. The monoisotopic (exact) mass is 199 g/mol. The molecule has 0 saturated carbocycles. The fraction of sp³-hybridized carbons (Fsp3) is 0.286. The van der Waals surface area contributed by atoms with Crippen LogP contribution in [0.1, 0.15) is 18.1 Å². The summed E-state index contributed by atoms with van der Waals surface area (Å²) in [7, 11) is 0. The Morgan fingerprint density at radius 3 is 2.47 bits per heavy atom. The summed E-state index contributed by atoms with van der Waals surface area (Å²) in [6.45, 7) is 4.16. The van der Waals surface area contributed by atoms with Crippen molar-refractivity contribution in [3.8, 4) is 0 Å². The summed E-state index contributed by atoms with van der Waals surface area (Å²) in [4.78, 5) is 0. The van der Waals surface area contributed by atoms with Gasteiger partial charge in [0.15, 0.2) is 0 Å². The molecule has 0 fully saturated rings. The van der Waals surface area contributed by atoms with Crippen LogP contribution >= 0.6 is 0 Å². The lowest BCUT2D eigenvalue weighted by atomic mass is 10.0. The summed E-state index contributed by atoms with van der Waals surface area (Å²) in [5.74, 6) is 0. The van der Waals surface area contributed by atoms with Gasteiger partial charge in [-0.3, -0.25) is 0 Å². The van der Waals surface area contributed by atoms with E-state index in [0.29, 0.717) is 0 Å². The first-order valence-corrected chi connectivity index (χ1v) is 5.40. The summed E-state index contributed by atoms with van der Waals surface area (Å²) in [5.41, 5.74) is 8.42. The van der Waals surface area contributed by atoms with E-state index in [4.69, 9.17) is 5.73 Å². The SMILES string of the molecule is Cc1ccc2cc(CC(C)N)ccc2c1. The number of hydrogen-bond donors (Lipinski definition) is 1. The zero-order chi connectivity index (χ0) is 10.8. The molecule has 1 heteroatoms. The molecule has 0 aliphatic heterocycles. The fourth-order valence-electron chi connectivity index (χ4n) is 1.91. The molecule has 0 aliphatic carbocycles. The van der Waals surface area contributed by atoms with Crippen molar-refractivity contribution >= 4 is 10.8 Å². The molecule has 2 rings (SSSR count). The molecule has 1 nitrogen and oxygen atoms in total. The second-order valence-corrected chi connectivity index (χ2v) is 4.37. The van der Waals surface area contributed by atoms with Crippen LogP contribution in [0, 0.1) is 6.92 Å². The summed E-state index contributed by atoms with van der Waals surface area (Å²) >= 11 is 0. The zero-order valence-corrected chi connectivity index (χ0v) is 9.33. The van der Waals surface area contributed by atoms with E-state index in [9.17, 15) is 0 Å². The van der Waals surface area contributed by atoms with Gasteiger partial charge < -0.3 is 5.73 Å². The van der Waals surface area contributed by atoms with Crippen molar-refractivity contribution in [2.45, 2.75) is 26.3 Å². The van der Waals surface area contributed by atoms with Crippen LogP contribution in [0.3, 0.4) is 0 Å². The van der Waals surface area contributed by atoms with Gasteiger partial charge in [-0.1, -0.05) is 42.0 Å². The molecule has 0 saturated heterocycles. The summed E-state index contributed by atoms with van der Waals surface area (Å²) in [5, 5.41) is 2.61. The van der Waals surface area contributed by atoms with Crippen molar-refractivity contribution < 1.29 is 0 Å². The minimum Gasteiger partial charge on any atom is -0.328 e. The highest BCUT2D eigenvalue weighted by atomic mass is 14.6. The molecule has 2 aromatic carbocycles. The molecular formula is C14H17N. The highest BCUT2D eigenvalue weighted by molar-refractivity contribution is 5.83. The third-order valence-electron chi connectivity index (χ3n) is 2.62. The second-order valence-electron chi connectivity index (χ2n) is 4.37. The van der Waals surface area contributed by atoms with Crippen LogP contribution in [0.5, 0.6) is 0 Å². The lowest BCUT2D eigenvalue weighted by Gasteiger charge is -2.07. The molecular weight excluding hydrogens is 182 g/mol. The average Bonchev–Trinajstić information content (AvgIpc) is 2.17. The number of fused-ring (bicyclic) bond motifs is 1. The molecule has 2 N–H and O–H groups in total. The van der Waals surface area contributed by atoms with E-state index in [-0.39, 0.29) is 6.04 Å². The Kier molecular flexibility index (Phi) is 2.74. The van der Waals surface area contributed by atoms with Crippen LogP contribution in [0.4, 0.5) is 0 Å². The van der Waals surface area contributed by atoms with Crippen molar-refractivity contribution in [3.05, 3.63) is 47.5 Å². The van der Waals surface area contributed by atoms with Gasteiger partial charge >= 0.3 is 0 Å². The van der Waals surface area contributed by atoms with Crippen molar-refractivity contribution in [2.24, 2.45) is 5.73 Å². The molecule has 2 aromatic rings. The van der Waals surface area contributed by atoms with Gasteiger partial charge in [0.1, 0.15) is 0 Å². The van der Waals surface area contributed by atoms with Crippen molar-refractivity contribution in [1.29, 1.82) is 0 Å². The first-order chi connectivity index (χ1) is 7.15. The van der Waals surface area contributed by atoms with Gasteiger partial charge in [-0.05, 0) is 36.6 Å². The Bertz CT molecular complexity index is 472. The van der Waals surface area contributed by atoms with Crippen molar-refractivity contribution in [1.82, 2.24) is 0 Å². The largest absolute Gasteiger partial charge is 0.328 e. The predicted octanol–water partition coefficient (Wildman–Crippen LogP) is 3.04. The molecule has 1 unspecified atom stereocenters. The Labute approximate surface area is 90.9 Å². The van der Waals surface area contributed by atoms with E-state index in [0.717, 1.165) is 6.42 Å². The minimum absolute atomic E-state index is 0.230. The normalized spacial score (nSPS) is 13.0.